The van der Waals surface area contributed by atoms with Crippen LogP contribution in [0.2, 0.25) is 15.1 Å². The molecule has 0 spiro atoms. The van der Waals surface area contributed by atoms with E-state index in [0.717, 1.165) is 10.7 Å². The molecule has 0 aliphatic heterocycles. The van der Waals surface area contributed by atoms with Gasteiger partial charge in [0, 0.05) is 18.1 Å². The van der Waals surface area contributed by atoms with E-state index in [9.17, 15) is 18.0 Å². The maximum Gasteiger partial charge on any atom is 0.264 e. The standard InChI is InChI=1S/C27H28Cl3N3O4S/c1-3-14-31-27(35)19(2)32(17-20-8-7-9-21(28)15-20)26(34)18-33(22-12-13-24(29)25(30)16-22)38(36,37)23-10-5-4-6-11-23/h4-13,15-16,19H,3,14,17-18H2,1-2H3,(H,31,35)/t19-/m0/s1. The number of sulfonamides is 1. The molecule has 0 unspecified atom stereocenters. The highest BCUT2D eigenvalue weighted by Gasteiger charge is 2.32. The van der Waals surface area contributed by atoms with Gasteiger partial charge in [0.15, 0.2) is 0 Å². The third kappa shape index (κ3) is 7.41. The van der Waals surface area contributed by atoms with Crippen LogP contribution in [0.3, 0.4) is 0 Å². The van der Waals surface area contributed by atoms with Gasteiger partial charge >= 0.3 is 0 Å². The Kier molecular flexibility index (Phi) is 10.4. The summed E-state index contributed by atoms with van der Waals surface area (Å²) >= 11 is 18.4. The summed E-state index contributed by atoms with van der Waals surface area (Å²) in [5, 5.41) is 3.64. The molecule has 2 amide bonds. The summed E-state index contributed by atoms with van der Waals surface area (Å²) in [5.74, 6) is -0.941. The number of nitrogens with zero attached hydrogens (tertiary/aromatic N) is 2. The number of hydrogen-bond donors (Lipinski definition) is 1. The van der Waals surface area contributed by atoms with E-state index in [-0.39, 0.29) is 33.1 Å². The van der Waals surface area contributed by atoms with Gasteiger partial charge in [0.05, 0.1) is 20.6 Å². The van der Waals surface area contributed by atoms with E-state index in [1.165, 1.54) is 35.2 Å². The minimum atomic E-state index is -4.19. The van der Waals surface area contributed by atoms with Gasteiger partial charge in [0.2, 0.25) is 11.8 Å². The zero-order chi connectivity index (χ0) is 27.9. The second-order valence-electron chi connectivity index (χ2n) is 8.54. The number of amides is 2. The highest BCUT2D eigenvalue weighted by molar-refractivity contribution is 7.92. The number of hydrogen-bond acceptors (Lipinski definition) is 4. The van der Waals surface area contributed by atoms with Crippen LogP contribution in [0.25, 0.3) is 0 Å². The molecule has 0 saturated heterocycles. The second-order valence-corrected chi connectivity index (χ2v) is 11.7. The topological polar surface area (TPSA) is 86.8 Å². The van der Waals surface area contributed by atoms with Crippen LogP contribution in [0, 0.1) is 0 Å². The Morgan fingerprint density at radius 1 is 0.921 bits per heavy atom. The fraction of sp³-hybridized carbons (Fsp3) is 0.259. The summed E-state index contributed by atoms with van der Waals surface area (Å²) in [6, 6.07) is 18.1. The Bertz CT molecular complexity index is 1390. The van der Waals surface area contributed by atoms with Crippen LogP contribution in [0.1, 0.15) is 25.8 Å². The summed E-state index contributed by atoms with van der Waals surface area (Å²) in [5.41, 5.74) is 0.843. The monoisotopic (exact) mass is 595 g/mol. The van der Waals surface area contributed by atoms with Gasteiger partial charge in [-0.15, -0.1) is 0 Å². The average Bonchev–Trinajstić information content (AvgIpc) is 2.90. The van der Waals surface area contributed by atoms with Crippen molar-refractivity contribution in [2.24, 2.45) is 0 Å². The van der Waals surface area contributed by atoms with Crippen molar-refractivity contribution >= 4 is 62.3 Å². The summed E-state index contributed by atoms with van der Waals surface area (Å²) in [6.45, 7) is 3.42. The zero-order valence-electron chi connectivity index (χ0n) is 20.9. The first kappa shape index (κ1) is 29.8. The molecule has 7 nitrogen and oxygen atoms in total. The van der Waals surface area contributed by atoms with Gasteiger partial charge in [0.25, 0.3) is 10.0 Å². The quantitative estimate of drug-likeness (QED) is 0.304. The molecule has 0 radical (unpaired) electrons. The van der Waals surface area contributed by atoms with Gasteiger partial charge in [-0.2, -0.15) is 0 Å². The number of nitrogens with one attached hydrogen (secondary N) is 1. The molecule has 0 bridgehead atoms. The van der Waals surface area contributed by atoms with Gasteiger partial charge in [-0.3, -0.25) is 13.9 Å². The smallest absolute Gasteiger partial charge is 0.264 e. The van der Waals surface area contributed by atoms with E-state index in [0.29, 0.717) is 17.1 Å². The number of carbonyl (C=O) groups is 2. The van der Waals surface area contributed by atoms with Crippen LogP contribution in [0.4, 0.5) is 5.69 Å². The maximum absolute atomic E-state index is 13.8. The molecule has 1 N–H and O–H groups in total. The normalized spacial score (nSPS) is 12.0. The first-order chi connectivity index (χ1) is 18.0. The second kappa shape index (κ2) is 13.3. The van der Waals surface area contributed by atoms with Crippen molar-refractivity contribution in [1.82, 2.24) is 10.2 Å². The van der Waals surface area contributed by atoms with Crippen molar-refractivity contribution in [1.29, 1.82) is 0 Å². The van der Waals surface area contributed by atoms with Crippen molar-refractivity contribution in [3.05, 3.63) is 93.4 Å². The summed E-state index contributed by atoms with van der Waals surface area (Å²) in [7, 11) is -4.19. The number of benzene rings is 3. The lowest BCUT2D eigenvalue weighted by Crippen LogP contribution is -2.51. The minimum Gasteiger partial charge on any atom is -0.354 e. The summed E-state index contributed by atoms with van der Waals surface area (Å²) in [6.07, 6.45) is 0.723. The number of carbonyl (C=O) groups excluding carboxylic acids is 2. The number of halogens is 3. The number of anilines is 1. The van der Waals surface area contributed by atoms with Crippen LogP contribution in [-0.2, 0) is 26.2 Å². The molecule has 38 heavy (non-hydrogen) atoms. The average molecular weight is 597 g/mol. The molecule has 1 atom stereocenters. The first-order valence-electron chi connectivity index (χ1n) is 11.9. The predicted molar refractivity (Wildman–Crippen MR) is 152 cm³/mol. The van der Waals surface area contributed by atoms with Crippen LogP contribution >= 0.6 is 34.8 Å². The Labute approximate surface area is 238 Å². The highest BCUT2D eigenvalue weighted by Crippen LogP contribution is 2.31. The zero-order valence-corrected chi connectivity index (χ0v) is 24.0. The van der Waals surface area contributed by atoms with E-state index in [1.54, 1.807) is 49.4 Å². The molecule has 11 heteroatoms. The molecule has 0 saturated carbocycles. The fourth-order valence-corrected chi connectivity index (χ4v) is 5.63. The molecule has 0 aromatic heterocycles. The molecule has 0 aliphatic carbocycles. The molecule has 0 heterocycles. The highest BCUT2D eigenvalue weighted by atomic mass is 35.5. The molecule has 3 rings (SSSR count). The van der Waals surface area contributed by atoms with Crippen molar-refractivity contribution in [3.63, 3.8) is 0 Å². The van der Waals surface area contributed by atoms with Crippen molar-refractivity contribution in [2.45, 2.75) is 37.8 Å². The summed E-state index contributed by atoms with van der Waals surface area (Å²) < 4.78 is 28.4. The van der Waals surface area contributed by atoms with Gasteiger partial charge < -0.3 is 10.2 Å². The minimum absolute atomic E-state index is 0.00555. The molecule has 3 aromatic carbocycles. The maximum atomic E-state index is 13.8. The molecule has 3 aromatic rings. The Morgan fingerprint density at radius 3 is 2.26 bits per heavy atom. The lowest BCUT2D eigenvalue weighted by Gasteiger charge is -2.32. The predicted octanol–water partition coefficient (Wildman–Crippen LogP) is 5.79. The third-order valence-corrected chi connectivity index (χ3v) is 8.52. The third-order valence-electron chi connectivity index (χ3n) is 5.76. The van der Waals surface area contributed by atoms with Gasteiger partial charge in [-0.1, -0.05) is 72.1 Å². The Morgan fingerprint density at radius 2 is 1.63 bits per heavy atom. The lowest BCUT2D eigenvalue weighted by molar-refractivity contribution is -0.139. The largest absolute Gasteiger partial charge is 0.354 e. The molecule has 0 aliphatic rings. The van der Waals surface area contributed by atoms with Crippen LogP contribution < -0.4 is 9.62 Å². The van der Waals surface area contributed by atoms with E-state index < -0.39 is 28.5 Å². The molecular weight excluding hydrogens is 569 g/mol. The van der Waals surface area contributed by atoms with Gasteiger partial charge in [0.1, 0.15) is 12.6 Å². The van der Waals surface area contributed by atoms with E-state index in [1.807, 2.05) is 6.92 Å². The van der Waals surface area contributed by atoms with Crippen molar-refractivity contribution in [2.75, 3.05) is 17.4 Å². The number of rotatable bonds is 11. The first-order valence-corrected chi connectivity index (χ1v) is 14.5. The van der Waals surface area contributed by atoms with Gasteiger partial charge in [-0.25, -0.2) is 8.42 Å². The molecule has 0 fully saturated rings. The van der Waals surface area contributed by atoms with E-state index in [2.05, 4.69) is 5.32 Å². The van der Waals surface area contributed by atoms with Crippen LogP contribution in [-0.4, -0.2) is 44.3 Å². The summed E-state index contributed by atoms with van der Waals surface area (Å²) in [4.78, 5) is 28.0. The van der Waals surface area contributed by atoms with E-state index >= 15 is 0 Å². The van der Waals surface area contributed by atoms with E-state index in [4.69, 9.17) is 34.8 Å². The Balaban J connectivity index is 2.03. The Hall–Kier alpha value is -2.78. The fourth-order valence-electron chi connectivity index (χ4n) is 3.70. The van der Waals surface area contributed by atoms with Crippen LogP contribution in [0.5, 0.6) is 0 Å². The van der Waals surface area contributed by atoms with Crippen molar-refractivity contribution < 1.29 is 18.0 Å². The van der Waals surface area contributed by atoms with Crippen molar-refractivity contribution in [3.8, 4) is 0 Å². The molecule has 202 valence electrons. The SMILES string of the molecule is CCCNC(=O)[C@H](C)N(Cc1cccc(Cl)c1)C(=O)CN(c1ccc(Cl)c(Cl)c1)S(=O)(=O)c1ccccc1. The van der Waals surface area contributed by atoms with Crippen LogP contribution in [0.15, 0.2) is 77.7 Å². The lowest BCUT2D eigenvalue weighted by atomic mass is 10.1. The molecular formula is C27H28Cl3N3O4S. The van der Waals surface area contributed by atoms with Gasteiger partial charge in [-0.05, 0) is 61.4 Å².